The topological polar surface area (TPSA) is 58.6 Å². The van der Waals surface area contributed by atoms with Gasteiger partial charge in [-0.3, -0.25) is 14.6 Å². The second-order valence-electron chi connectivity index (χ2n) is 3.87. The predicted molar refractivity (Wildman–Crippen MR) is 51.8 cm³/mol. The Morgan fingerprint density at radius 2 is 2.07 bits per heavy atom. The molecule has 2 fully saturated rings. The third-order valence-corrected chi connectivity index (χ3v) is 2.85. The van der Waals surface area contributed by atoms with Crippen molar-refractivity contribution in [3.8, 4) is 0 Å². The maximum Gasteiger partial charge on any atom is 0.236 e. The minimum atomic E-state index is -0.188. The summed E-state index contributed by atoms with van der Waals surface area (Å²) in [6, 6.07) is 0.0102. The van der Waals surface area contributed by atoms with Crippen molar-refractivity contribution >= 4 is 5.91 Å². The molecule has 0 radical (unpaired) electrons. The first-order valence-corrected chi connectivity index (χ1v) is 5.11. The van der Waals surface area contributed by atoms with E-state index < -0.39 is 0 Å². The fourth-order valence-electron chi connectivity index (χ4n) is 1.79. The maximum absolute atomic E-state index is 10.8. The van der Waals surface area contributed by atoms with Crippen LogP contribution in [0, 0.1) is 0 Å². The Morgan fingerprint density at radius 3 is 2.64 bits per heavy atom. The molecule has 2 N–H and O–H groups in total. The van der Waals surface area contributed by atoms with Gasteiger partial charge in [-0.1, -0.05) is 0 Å². The summed E-state index contributed by atoms with van der Waals surface area (Å²) in [5, 5.41) is 0. The molecule has 0 saturated carbocycles. The van der Waals surface area contributed by atoms with Crippen LogP contribution in [0.1, 0.15) is 0 Å². The van der Waals surface area contributed by atoms with Crippen LogP contribution >= 0.6 is 0 Å². The van der Waals surface area contributed by atoms with Crippen LogP contribution in [0.5, 0.6) is 0 Å². The summed E-state index contributed by atoms with van der Waals surface area (Å²) in [5.74, 6) is -0.188. The van der Waals surface area contributed by atoms with Crippen molar-refractivity contribution in [1.82, 2.24) is 9.80 Å². The molecule has 0 aromatic heterocycles. The molecule has 14 heavy (non-hydrogen) atoms. The molecule has 2 rings (SSSR count). The molecular formula is C9H17N3O2. The van der Waals surface area contributed by atoms with Gasteiger partial charge in [-0.25, -0.2) is 0 Å². The van der Waals surface area contributed by atoms with E-state index in [9.17, 15) is 4.79 Å². The van der Waals surface area contributed by atoms with E-state index in [0.717, 1.165) is 45.9 Å². The lowest BCUT2D eigenvalue weighted by molar-refractivity contribution is -0.118. The molecule has 0 aromatic rings. The van der Waals surface area contributed by atoms with Gasteiger partial charge in [0.05, 0.1) is 13.2 Å². The zero-order chi connectivity index (χ0) is 9.97. The molecule has 2 aliphatic rings. The number of rotatable bonds is 4. The number of ether oxygens (including phenoxy) is 1. The molecule has 5 nitrogen and oxygen atoms in total. The molecule has 1 amide bonds. The summed E-state index contributed by atoms with van der Waals surface area (Å²) < 4.78 is 5.25. The number of hydrogen-bond donors (Lipinski definition) is 1. The van der Waals surface area contributed by atoms with Crippen molar-refractivity contribution in [3.63, 3.8) is 0 Å². The smallest absolute Gasteiger partial charge is 0.236 e. The van der Waals surface area contributed by atoms with Crippen LogP contribution in [0.2, 0.25) is 0 Å². The van der Waals surface area contributed by atoms with E-state index in [1.165, 1.54) is 0 Å². The van der Waals surface area contributed by atoms with E-state index >= 15 is 0 Å². The van der Waals surface area contributed by atoms with Gasteiger partial charge in [0.2, 0.25) is 5.91 Å². The van der Waals surface area contributed by atoms with Gasteiger partial charge >= 0.3 is 0 Å². The van der Waals surface area contributed by atoms with Gasteiger partial charge in [0.15, 0.2) is 0 Å². The van der Waals surface area contributed by atoms with Crippen molar-refractivity contribution in [2.24, 2.45) is 5.73 Å². The summed E-state index contributed by atoms with van der Waals surface area (Å²) in [5.41, 5.74) is 5.18. The number of hydrogen-bond acceptors (Lipinski definition) is 4. The first-order chi connectivity index (χ1) is 6.77. The lowest BCUT2D eigenvalue weighted by atomic mass is 10.4. The van der Waals surface area contributed by atoms with Gasteiger partial charge in [-0.05, 0) is 0 Å². The molecule has 5 heteroatoms. The third-order valence-electron chi connectivity index (χ3n) is 2.85. The largest absolute Gasteiger partial charge is 0.379 e. The van der Waals surface area contributed by atoms with Crippen LogP contribution in [0.25, 0.3) is 0 Å². The van der Waals surface area contributed by atoms with Crippen LogP contribution in [0.3, 0.4) is 0 Å². The van der Waals surface area contributed by atoms with Gasteiger partial charge < -0.3 is 10.5 Å². The molecule has 2 aliphatic heterocycles. The Balaban J connectivity index is 1.61. The monoisotopic (exact) mass is 199 g/mol. The molecule has 0 aliphatic carbocycles. The van der Waals surface area contributed by atoms with E-state index in [1.807, 2.05) is 0 Å². The number of carbonyl (C=O) groups excluding carboxylic acids is 1. The number of nitrogens with two attached hydrogens (primary N) is 1. The number of carbonyl (C=O) groups is 1. The minimum Gasteiger partial charge on any atom is -0.379 e. The highest BCUT2D eigenvalue weighted by Crippen LogP contribution is 2.15. The normalized spacial score (nSPS) is 32.9. The molecule has 0 bridgehead atoms. The summed E-state index contributed by atoms with van der Waals surface area (Å²) >= 11 is 0. The zero-order valence-corrected chi connectivity index (χ0v) is 8.32. The molecule has 2 saturated heterocycles. The fraction of sp³-hybridized carbons (Fsp3) is 0.889. The molecule has 2 unspecified atom stereocenters. The van der Waals surface area contributed by atoms with E-state index in [-0.39, 0.29) is 11.9 Å². The predicted octanol–water partition coefficient (Wildman–Crippen LogP) is -1.51. The second-order valence-corrected chi connectivity index (χ2v) is 3.87. The molecule has 2 heterocycles. The average Bonchev–Trinajstić information content (AvgIpc) is 2.96. The molecule has 0 aromatic carbocycles. The number of amides is 1. The Bertz CT molecular complexity index is 216. The first kappa shape index (κ1) is 9.89. The van der Waals surface area contributed by atoms with Gasteiger partial charge in [-0.2, -0.15) is 0 Å². The number of nitrogens with zero attached hydrogens (tertiary/aromatic N) is 2. The average molecular weight is 199 g/mol. The van der Waals surface area contributed by atoms with Crippen molar-refractivity contribution in [3.05, 3.63) is 0 Å². The number of primary amides is 1. The van der Waals surface area contributed by atoms with Gasteiger partial charge in [0.25, 0.3) is 0 Å². The Hall–Kier alpha value is -0.650. The summed E-state index contributed by atoms with van der Waals surface area (Å²) in [6.45, 7) is 6.50. The molecule has 80 valence electrons. The quantitative estimate of drug-likeness (QED) is 0.559. The lowest BCUT2D eigenvalue weighted by Crippen LogP contribution is -2.39. The van der Waals surface area contributed by atoms with Crippen LogP contribution in [0.15, 0.2) is 0 Å². The zero-order valence-electron chi connectivity index (χ0n) is 8.32. The SMILES string of the molecule is NC(=O)C1CN1CCN1CCOCC1. The van der Waals surface area contributed by atoms with Crippen LogP contribution in [0.4, 0.5) is 0 Å². The van der Waals surface area contributed by atoms with Crippen molar-refractivity contribution in [1.29, 1.82) is 0 Å². The van der Waals surface area contributed by atoms with Crippen LogP contribution < -0.4 is 5.73 Å². The standard InChI is InChI=1S/C9H17N3O2/c10-9(13)8-7-12(8)2-1-11-3-5-14-6-4-11/h8H,1-7H2,(H2,10,13). The summed E-state index contributed by atoms with van der Waals surface area (Å²) in [4.78, 5) is 15.2. The lowest BCUT2D eigenvalue weighted by Gasteiger charge is -2.26. The van der Waals surface area contributed by atoms with Gasteiger partial charge in [-0.15, -0.1) is 0 Å². The van der Waals surface area contributed by atoms with Crippen molar-refractivity contribution in [2.45, 2.75) is 6.04 Å². The highest BCUT2D eigenvalue weighted by molar-refractivity contribution is 5.82. The van der Waals surface area contributed by atoms with Gasteiger partial charge in [0, 0.05) is 32.7 Å². The van der Waals surface area contributed by atoms with E-state index in [2.05, 4.69) is 9.80 Å². The van der Waals surface area contributed by atoms with Crippen LogP contribution in [-0.4, -0.2) is 67.7 Å². The summed E-state index contributed by atoms with van der Waals surface area (Å²) in [7, 11) is 0. The maximum atomic E-state index is 10.8. The van der Waals surface area contributed by atoms with E-state index in [0.29, 0.717) is 0 Å². The highest BCUT2D eigenvalue weighted by Gasteiger charge is 2.38. The first-order valence-electron chi connectivity index (χ1n) is 5.11. The fourth-order valence-corrected chi connectivity index (χ4v) is 1.79. The highest BCUT2D eigenvalue weighted by atomic mass is 16.5. The third kappa shape index (κ3) is 2.43. The van der Waals surface area contributed by atoms with Gasteiger partial charge in [0.1, 0.15) is 6.04 Å². The molecule has 0 spiro atoms. The minimum absolute atomic E-state index is 0.0102. The molecular weight excluding hydrogens is 182 g/mol. The van der Waals surface area contributed by atoms with E-state index in [4.69, 9.17) is 10.5 Å². The van der Waals surface area contributed by atoms with Crippen LogP contribution in [-0.2, 0) is 9.53 Å². The Kier molecular flexibility index (Phi) is 3.00. The Labute approximate surface area is 83.8 Å². The summed E-state index contributed by atoms with van der Waals surface area (Å²) in [6.07, 6.45) is 0. The van der Waals surface area contributed by atoms with Crippen molar-refractivity contribution in [2.75, 3.05) is 45.9 Å². The molecule has 2 atom stereocenters. The van der Waals surface area contributed by atoms with Crippen molar-refractivity contribution < 1.29 is 9.53 Å². The number of morpholine rings is 1. The van der Waals surface area contributed by atoms with E-state index in [1.54, 1.807) is 0 Å². The Morgan fingerprint density at radius 1 is 1.36 bits per heavy atom. The second kappa shape index (κ2) is 4.25.